The van der Waals surface area contributed by atoms with Gasteiger partial charge in [0.05, 0.1) is 17.9 Å². The molecule has 0 saturated carbocycles. The van der Waals surface area contributed by atoms with E-state index in [1.807, 2.05) is 30.3 Å². The number of rotatable bonds is 7. The number of carbonyl (C=O) groups is 2. The molecule has 0 saturated heterocycles. The molecule has 3 aromatic rings. The fourth-order valence-corrected chi connectivity index (χ4v) is 4.17. The fourth-order valence-electron chi connectivity index (χ4n) is 2.45. The third kappa shape index (κ3) is 5.35. The largest absolute Gasteiger partial charge is 0.462 e. The van der Waals surface area contributed by atoms with Crippen molar-refractivity contribution in [3.8, 4) is 10.4 Å². The number of ether oxygens (including phenoxy) is 1. The Kier molecular flexibility index (Phi) is 6.85. The summed E-state index contributed by atoms with van der Waals surface area (Å²) in [5.41, 5.74) is 1.04. The SMILES string of the molecule is CCOC(=O)c1cc(-c2ccccc2)sc1NC(=O)CSc1nnc(C(F)(F)F)n1N. The molecule has 0 atom stereocenters. The number of aromatic nitrogens is 3. The van der Waals surface area contributed by atoms with E-state index in [0.29, 0.717) is 11.8 Å². The monoisotopic (exact) mass is 471 g/mol. The third-order valence-electron chi connectivity index (χ3n) is 3.79. The molecule has 0 aliphatic rings. The average Bonchev–Trinajstić information content (AvgIpc) is 3.31. The van der Waals surface area contributed by atoms with Gasteiger partial charge in [-0.25, -0.2) is 9.47 Å². The Hall–Kier alpha value is -3.06. The van der Waals surface area contributed by atoms with Gasteiger partial charge in [0.2, 0.25) is 11.1 Å². The minimum Gasteiger partial charge on any atom is -0.462 e. The number of hydrogen-bond donors (Lipinski definition) is 2. The number of thioether (sulfide) groups is 1. The lowest BCUT2D eigenvalue weighted by atomic mass is 10.1. The minimum absolute atomic E-state index is 0.159. The number of halogens is 3. The van der Waals surface area contributed by atoms with E-state index in [4.69, 9.17) is 10.6 Å². The van der Waals surface area contributed by atoms with Crippen LogP contribution in [0.25, 0.3) is 10.4 Å². The van der Waals surface area contributed by atoms with Crippen molar-refractivity contribution in [2.24, 2.45) is 0 Å². The van der Waals surface area contributed by atoms with Crippen molar-refractivity contribution < 1.29 is 27.5 Å². The van der Waals surface area contributed by atoms with Crippen LogP contribution >= 0.6 is 23.1 Å². The summed E-state index contributed by atoms with van der Waals surface area (Å²) in [5, 5.41) is 8.95. The van der Waals surface area contributed by atoms with Crippen LogP contribution < -0.4 is 11.2 Å². The number of benzene rings is 1. The second kappa shape index (κ2) is 9.39. The molecule has 1 aromatic carbocycles. The van der Waals surface area contributed by atoms with Gasteiger partial charge in [-0.1, -0.05) is 42.1 Å². The molecule has 0 aliphatic carbocycles. The zero-order valence-corrected chi connectivity index (χ0v) is 17.6. The van der Waals surface area contributed by atoms with Gasteiger partial charge in [0.15, 0.2) is 0 Å². The van der Waals surface area contributed by atoms with E-state index in [1.54, 1.807) is 13.0 Å². The molecule has 0 aliphatic heterocycles. The van der Waals surface area contributed by atoms with Crippen molar-refractivity contribution >= 4 is 40.0 Å². The molecule has 3 N–H and O–H groups in total. The van der Waals surface area contributed by atoms with Crippen molar-refractivity contribution in [1.82, 2.24) is 14.9 Å². The lowest BCUT2D eigenvalue weighted by Gasteiger charge is -2.07. The lowest BCUT2D eigenvalue weighted by Crippen LogP contribution is -2.22. The summed E-state index contributed by atoms with van der Waals surface area (Å²) in [4.78, 5) is 25.4. The number of alkyl halides is 3. The Balaban J connectivity index is 1.75. The van der Waals surface area contributed by atoms with E-state index in [9.17, 15) is 22.8 Å². The van der Waals surface area contributed by atoms with Crippen LogP contribution in [0.3, 0.4) is 0 Å². The first-order valence-corrected chi connectivity index (χ1v) is 10.6. The topological polar surface area (TPSA) is 112 Å². The van der Waals surface area contributed by atoms with Crippen LogP contribution in [0.15, 0.2) is 41.6 Å². The molecule has 31 heavy (non-hydrogen) atoms. The highest BCUT2D eigenvalue weighted by Gasteiger charge is 2.38. The molecule has 0 spiro atoms. The van der Waals surface area contributed by atoms with Gasteiger partial charge in [0.25, 0.3) is 5.82 Å². The molecule has 1 amide bonds. The third-order valence-corrected chi connectivity index (χ3v) is 5.83. The van der Waals surface area contributed by atoms with E-state index in [0.717, 1.165) is 10.4 Å². The van der Waals surface area contributed by atoms with Crippen LogP contribution in [0.4, 0.5) is 18.2 Å². The fraction of sp³-hybridized carbons (Fsp3) is 0.222. The van der Waals surface area contributed by atoms with Gasteiger partial charge in [-0.15, -0.1) is 21.5 Å². The maximum atomic E-state index is 12.7. The number of nitrogen functional groups attached to an aromatic ring is 1. The molecule has 8 nitrogen and oxygen atoms in total. The first kappa shape index (κ1) is 22.6. The molecule has 164 valence electrons. The van der Waals surface area contributed by atoms with Gasteiger partial charge >= 0.3 is 12.1 Å². The molecule has 0 radical (unpaired) electrons. The quantitative estimate of drug-likeness (QED) is 0.307. The lowest BCUT2D eigenvalue weighted by molar-refractivity contribution is -0.146. The molecule has 2 heterocycles. The highest BCUT2D eigenvalue weighted by atomic mass is 32.2. The van der Waals surface area contributed by atoms with Crippen LogP contribution in [0, 0.1) is 0 Å². The molecule has 3 rings (SSSR count). The summed E-state index contributed by atoms with van der Waals surface area (Å²) in [5.74, 6) is 2.53. The molecular weight excluding hydrogens is 455 g/mol. The number of anilines is 1. The summed E-state index contributed by atoms with van der Waals surface area (Å²) in [7, 11) is 0. The van der Waals surface area contributed by atoms with Crippen LogP contribution in [0.1, 0.15) is 23.1 Å². The van der Waals surface area contributed by atoms with Crippen molar-refractivity contribution in [2.45, 2.75) is 18.3 Å². The number of carbonyl (C=O) groups excluding carboxylic acids is 2. The number of amides is 1. The Labute approximate surface area is 182 Å². The minimum atomic E-state index is -4.76. The highest BCUT2D eigenvalue weighted by Crippen LogP contribution is 2.36. The van der Waals surface area contributed by atoms with Crippen molar-refractivity contribution in [3.05, 3.63) is 47.8 Å². The van der Waals surface area contributed by atoms with Gasteiger partial charge in [0.1, 0.15) is 5.00 Å². The number of nitrogens with zero attached hydrogens (tertiary/aromatic N) is 3. The van der Waals surface area contributed by atoms with Gasteiger partial charge in [-0.2, -0.15) is 13.2 Å². The maximum Gasteiger partial charge on any atom is 0.453 e. The van der Waals surface area contributed by atoms with Crippen molar-refractivity contribution in [2.75, 3.05) is 23.5 Å². The zero-order valence-electron chi connectivity index (χ0n) is 16.0. The predicted molar refractivity (Wildman–Crippen MR) is 110 cm³/mol. The summed E-state index contributed by atoms with van der Waals surface area (Å²) < 4.78 is 43.5. The Morgan fingerprint density at radius 1 is 1.26 bits per heavy atom. The molecular formula is C18H16F3N5O3S2. The van der Waals surface area contributed by atoms with E-state index < -0.39 is 23.9 Å². The Bertz CT molecular complexity index is 1080. The van der Waals surface area contributed by atoms with E-state index >= 15 is 0 Å². The maximum absolute atomic E-state index is 12.7. The smallest absolute Gasteiger partial charge is 0.453 e. The summed E-state index contributed by atoms with van der Waals surface area (Å²) >= 11 is 1.86. The van der Waals surface area contributed by atoms with Crippen molar-refractivity contribution in [1.29, 1.82) is 0 Å². The summed E-state index contributed by atoms with van der Waals surface area (Å²) in [6.07, 6.45) is -4.76. The molecule has 0 unspecified atom stereocenters. The number of nitrogens with two attached hydrogens (primary N) is 1. The number of thiophene rings is 1. The predicted octanol–water partition coefficient (Wildman–Crippen LogP) is 3.65. The van der Waals surface area contributed by atoms with Gasteiger partial charge in [-0.3, -0.25) is 4.79 Å². The summed E-state index contributed by atoms with van der Waals surface area (Å²) in [6, 6.07) is 10.9. The van der Waals surface area contributed by atoms with Gasteiger partial charge < -0.3 is 15.9 Å². The van der Waals surface area contributed by atoms with Crippen LogP contribution in [-0.2, 0) is 15.7 Å². The van der Waals surface area contributed by atoms with Crippen LogP contribution in [0.2, 0.25) is 0 Å². The van der Waals surface area contributed by atoms with E-state index in [1.165, 1.54) is 11.3 Å². The van der Waals surface area contributed by atoms with Gasteiger partial charge in [0, 0.05) is 4.88 Å². The number of hydrogen-bond acceptors (Lipinski definition) is 8. The second-order valence-corrected chi connectivity index (χ2v) is 7.95. The highest BCUT2D eigenvalue weighted by molar-refractivity contribution is 7.99. The van der Waals surface area contributed by atoms with Crippen LogP contribution in [0.5, 0.6) is 0 Å². The molecule has 0 bridgehead atoms. The summed E-state index contributed by atoms with van der Waals surface area (Å²) in [6.45, 7) is 1.82. The van der Waals surface area contributed by atoms with E-state index in [-0.39, 0.29) is 32.8 Å². The first-order chi connectivity index (χ1) is 14.7. The Morgan fingerprint density at radius 3 is 2.58 bits per heavy atom. The molecule has 2 aromatic heterocycles. The van der Waals surface area contributed by atoms with E-state index in [2.05, 4.69) is 15.5 Å². The Morgan fingerprint density at radius 2 is 1.97 bits per heavy atom. The second-order valence-electron chi connectivity index (χ2n) is 5.95. The van der Waals surface area contributed by atoms with Crippen molar-refractivity contribution in [3.63, 3.8) is 0 Å². The average molecular weight is 471 g/mol. The zero-order chi connectivity index (χ0) is 22.6. The number of esters is 1. The molecule has 0 fully saturated rings. The van der Waals surface area contributed by atoms with Crippen LogP contribution in [-0.4, -0.2) is 39.1 Å². The number of nitrogens with one attached hydrogen (secondary N) is 1. The standard InChI is InChI=1S/C18H16F3N5O3S2/c1-2-29-15(28)11-8-12(10-6-4-3-5-7-10)31-14(11)23-13(27)9-30-17-25-24-16(26(17)22)18(19,20)21/h3-8H,2,9,22H2,1H3,(H,23,27). The normalized spacial score (nSPS) is 11.4. The first-order valence-electron chi connectivity index (χ1n) is 8.77. The molecule has 13 heteroatoms. The van der Waals surface area contributed by atoms with Gasteiger partial charge in [-0.05, 0) is 18.6 Å².